The van der Waals surface area contributed by atoms with Gasteiger partial charge in [0.2, 0.25) is 5.91 Å². The number of alkyl halides is 1. The van der Waals surface area contributed by atoms with E-state index in [4.69, 9.17) is 11.6 Å². The highest BCUT2D eigenvalue weighted by Gasteiger charge is 2.08. The van der Waals surface area contributed by atoms with Gasteiger partial charge in [-0.15, -0.1) is 11.6 Å². The van der Waals surface area contributed by atoms with E-state index in [1.165, 1.54) is 3.57 Å². The average molecular weight is 324 g/mol. The zero-order chi connectivity index (χ0) is 10.6. The molecule has 0 fully saturated rings. The van der Waals surface area contributed by atoms with Crippen molar-refractivity contribution in [1.82, 2.24) is 4.90 Å². The van der Waals surface area contributed by atoms with Gasteiger partial charge in [0.15, 0.2) is 0 Å². The van der Waals surface area contributed by atoms with Crippen molar-refractivity contribution >= 4 is 40.1 Å². The maximum atomic E-state index is 11.2. The fourth-order valence-electron chi connectivity index (χ4n) is 1.07. The van der Waals surface area contributed by atoms with Crippen LogP contribution in [0.15, 0.2) is 24.3 Å². The number of amides is 1. The van der Waals surface area contributed by atoms with Gasteiger partial charge in [-0.2, -0.15) is 0 Å². The predicted octanol–water partition coefficient (Wildman–Crippen LogP) is 2.49. The molecule has 0 aromatic heterocycles. The summed E-state index contributed by atoms with van der Waals surface area (Å²) < 4.78 is 1.17. The molecule has 0 unspecified atom stereocenters. The molecule has 14 heavy (non-hydrogen) atoms. The van der Waals surface area contributed by atoms with E-state index < -0.39 is 0 Å². The molecule has 0 radical (unpaired) electrons. The third-order valence-electron chi connectivity index (χ3n) is 1.91. The van der Waals surface area contributed by atoms with Crippen LogP contribution >= 0.6 is 34.2 Å². The first kappa shape index (κ1) is 11.8. The normalized spacial score (nSPS) is 9.93. The van der Waals surface area contributed by atoms with Gasteiger partial charge in [-0.1, -0.05) is 18.2 Å². The van der Waals surface area contributed by atoms with E-state index >= 15 is 0 Å². The Bertz CT molecular complexity index is 330. The molecular weight excluding hydrogens is 312 g/mol. The van der Waals surface area contributed by atoms with E-state index in [0.717, 1.165) is 5.56 Å². The van der Waals surface area contributed by atoms with Gasteiger partial charge in [0.1, 0.15) is 5.88 Å². The van der Waals surface area contributed by atoms with Crippen LogP contribution in [0, 0.1) is 3.57 Å². The molecule has 76 valence electrons. The van der Waals surface area contributed by atoms with Crippen LogP contribution in [-0.2, 0) is 11.3 Å². The lowest BCUT2D eigenvalue weighted by Crippen LogP contribution is -2.27. The summed E-state index contributed by atoms with van der Waals surface area (Å²) in [6.07, 6.45) is 0. The average Bonchev–Trinajstić information content (AvgIpc) is 2.20. The molecule has 0 atom stereocenters. The number of carbonyl (C=O) groups is 1. The lowest BCUT2D eigenvalue weighted by Gasteiger charge is -2.16. The minimum absolute atomic E-state index is 0.0416. The van der Waals surface area contributed by atoms with Gasteiger partial charge >= 0.3 is 0 Å². The highest BCUT2D eigenvalue weighted by molar-refractivity contribution is 14.1. The summed E-state index contributed by atoms with van der Waals surface area (Å²) in [4.78, 5) is 12.8. The van der Waals surface area contributed by atoms with E-state index in [2.05, 4.69) is 22.6 Å². The topological polar surface area (TPSA) is 20.3 Å². The van der Waals surface area contributed by atoms with E-state index in [1.54, 1.807) is 11.9 Å². The molecule has 1 aromatic carbocycles. The van der Waals surface area contributed by atoms with E-state index in [9.17, 15) is 4.79 Å². The van der Waals surface area contributed by atoms with Gasteiger partial charge in [-0.05, 0) is 34.2 Å². The minimum atomic E-state index is -0.0497. The predicted molar refractivity (Wildman–Crippen MR) is 66.4 cm³/mol. The van der Waals surface area contributed by atoms with Crippen molar-refractivity contribution in [2.45, 2.75) is 6.54 Å². The second kappa shape index (κ2) is 5.56. The molecule has 1 rings (SSSR count). The first-order chi connectivity index (χ1) is 6.65. The minimum Gasteiger partial charge on any atom is -0.340 e. The Morgan fingerprint density at radius 3 is 2.71 bits per heavy atom. The van der Waals surface area contributed by atoms with Crippen molar-refractivity contribution in [1.29, 1.82) is 0 Å². The molecular formula is C10H11ClINO. The summed E-state index contributed by atoms with van der Waals surface area (Å²) >= 11 is 7.72. The Labute approximate surface area is 102 Å². The van der Waals surface area contributed by atoms with Crippen molar-refractivity contribution in [3.63, 3.8) is 0 Å². The summed E-state index contributed by atoms with van der Waals surface area (Å²) in [5, 5.41) is 0. The molecule has 1 aromatic rings. The molecule has 0 bridgehead atoms. The van der Waals surface area contributed by atoms with Crippen molar-refractivity contribution in [2.24, 2.45) is 0 Å². The Morgan fingerprint density at radius 1 is 1.50 bits per heavy atom. The molecule has 0 heterocycles. The smallest absolute Gasteiger partial charge is 0.237 e. The number of nitrogens with zero attached hydrogens (tertiary/aromatic N) is 1. The number of hydrogen-bond donors (Lipinski definition) is 0. The van der Waals surface area contributed by atoms with Gasteiger partial charge in [0, 0.05) is 17.2 Å². The summed E-state index contributed by atoms with van der Waals surface area (Å²) in [5.74, 6) is -0.00812. The largest absolute Gasteiger partial charge is 0.340 e. The number of benzene rings is 1. The third kappa shape index (κ3) is 3.13. The number of rotatable bonds is 3. The zero-order valence-corrected chi connectivity index (χ0v) is 10.7. The van der Waals surface area contributed by atoms with Crippen LogP contribution in [-0.4, -0.2) is 23.7 Å². The molecule has 0 aliphatic carbocycles. The molecule has 0 saturated heterocycles. The molecule has 0 aliphatic heterocycles. The van der Waals surface area contributed by atoms with Gasteiger partial charge in [-0.25, -0.2) is 0 Å². The monoisotopic (exact) mass is 323 g/mol. The maximum Gasteiger partial charge on any atom is 0.237 e. The summed E-state index contributed by atoms with van der Waals surface area (Å²) in [6.45, 7) is 0.616. The summed E-state index contributed by atoms with van der Waals surface area (Å²) in [7, 11) is 1.76. The highest BCUT2D eigenvalue weighted by Crippen LogP contribution is 2.13. The third-order valence-corrected chi connectivity index (χ3v) is 3.19. The molecule has 0 N–H and O–H groups in total. The Morgan fingerprint density at radius 2 is 2.14 bits per heavy atom. The second-order valence-electron chi connectivity index (χ2n) is 2.97. The van der Waals surface area contributed by atoms with E-state index in [0.29, 0.717) is 6.54 Å². The van der Waals surface area contributed by atoms with Crippen LogP contribution in [0.3, 0.4) is 0 Å². The lowest BCUT2D eigenvalue weighted by molar-refractivity contribution is -0.127. The fraction of sp³-hybridized carbons (Fsp3) is 0.300. The Hall–Kier alpha value is -0.290. The van der Waals surface area contributed by atoms with Crippen LogP contribution in [0.4, 0.5) is 0 Å². The second-order valence-corrected chi connectivity index (χ2v) is 4.40. The Kier molecular flexibility index (Phi) is 4.68. The van der Waals surface area contributed by atoms with E-state index in [-0.39, 0.29) is 11.8 Å². The Balaban J connectivity index is 2.69. The lowest BCUT2D eigenvalue weighted by atomic mass is 10.2. The van der Waals surface area contributed by atoms with Crippen LogP contribution in [0.2, 0.25) is 0 Å². The van der Waals surface area contributed by atoms with E-state index in [1.807, 2.05) is 24.3 Å². The van der Waals surface area contributed by atoms with Gasteiger partial charge in [0.05, 0.1) is 0 Å². The van der Waals surface area contributed by atoms with Gasteiger partial charge < -0.3 is 4.90 Å². The first-order valence-electron chi connectivity index (χ1n) is 4.18. The van der Waals surface area contributed by atoms with Crippen molar-refractivity contribution in [3.05, 3.63) is 33.4 Å². The van der Waals surface area contributed by atoms with Gasteiger partial charge in [-0.3, -0.25) is 4.79 Å². The number of halogens is 2. The summed E-state index contributed by atoms with van der Waals surface area (Å²) in [6, 6.07) is 7.99. The van der Waals surface area contributed by atoms with Crippen molar-refractivity contribution < 1.29 is 4.79 Å². The quantitative estimate of drug-likeness (QED) is 0.618. The molecule has 2 nitrogen and oxygen atoms in total. The number of hydrogen-bond acceptors (Lipinski definition) is 1. The molecule has 4 heteroatoms. The van der Waals surface area contributed by atoms with Crippen molar-refractivity contribution in [2.75, 3.05) is 12.9 Å². The van der Waals surface area contributed by atoms with Crippen LogP contribution in [0.1, 0.15) is 5.56 Å². The first-order valence-corrected chi connectivity index (χ1v) is 5.80. The SMILES string of the molecule is CN(Cc1ccccc1I)C(=O)CCl. The van der Waals surface area contributed by atoms with Crippen molar-refractivity contribution in [3.8, 4) is 0 Å². The molecule has 0 saturated carbocycles. The fourth-order valence-corrected chi connectivity index (χ4v) is 1.83. The standard InChI is InChI=1S/C10H11ClINO/c1-13(10(14)6-11)7-8-4-2-3-5-9(8)12/h2-5H,6-7H2,1H3. The number of carbonyl (C=O) groups excluding carboxylic acids is 1. The van der Waals surface area contributed by atoms with Crippen LogP contribution in [0.25, 0.3) is 0 Å². The highest BCUT2D eigenvalue weighted by atomic mass is 127. The molecule has 0 aliphatic rings. The molecule has 0 spiro atoms. The van der Waals surface area contributed by atoms with Crippen LogP contribution < -0.4 is 0 Å². The summed E-state index contributed by atoms with van der Waals surface area (Å²) in [5.41, 5.74) is 1.15. The maximum absolute atomic E-state index is 11.2. The molecule has 1 amide bonds. The van der Waals surface area contributed by atoms with Gasteiger partial charge in [0.25, 0.3) is 0 Å². The zero-order valence-electron chi connectivity index (χ0n) is 7.84. The van der Waals surface area contributed by atoms with Crippen LogP contribution in [0.5, 0.6) is 0 Å².